The van der Waals surface area contributed by atoms with Gasteiger partial charge in [-0.3, -0.25) is 0 Å². The van der Waals surface area contributed by atoms with Crippen molar-refractivity contribution in [1.29, 1.82) is 0 Å². The van der Waals surface area contributed by atoms with Gasteiger partial charge in [0.15, 0.2) is 0 Å². The molecule has 1 atom stereocenters. The van der Waals surface area contributed by atoms with E-state index < -0.39 is 17.7 Å². The van der Waals surface area contributed by atoms with Crippen molar-refractivity contribution in [3.8, 4) is 0 Å². The van der Waals surface area contributed by atoms with Crippen LogP contribution < -0.4 is 0 Å². The Morgan fingerprint density at radius 3 is 2.84 bits per heavy atom. The Morgan fingerprint density at radius 1 is 1.42 bits per heavy atom. The number of nitrogens with zero attached hydrogens (tertiary/aromatic N) is 2. The van der Waals surface area contributed by atoms with Gasteiger partial charge in [-0.1, -0.05) is 0 Å². The van der Waals surface area contributed by atoms with E-state index in [0.29, 0.717) is 12.2 Å². The lowest BCUT2D eigenvalue weighted by Gasteiger charge is -2.14. The van der Waals surface area contributed by atoms with Crippen molar-refractivity contribution in [3.05, 3.63) is 52.0 Å². The minimum absolute atomic E-state index is 0.134. The molecular weight excluding hydrogens is 318 g/mol. The van der Waals surface area contributed by atoms with Crippen LogP contribution in [0.3, 0.4) is 0 Å². The van der Waals surface area contributed by atoms with E-state index in [9.17, 15) is 13.9 Å². The molecule has 1 aromatic carbocycles. The minimum atomic E-state index is -0.999. The first kappa shape index (κ1) is 14.1. The van der Waals surface area contributed by atoms with Gasteiger partial charge in [0.05, 0.1) is 28.8 Å². The maximum atomic E-state index is 13.8. The lowest BCUT2D eigenvalue weighted by molar-refractivity contribution is 0.166. The van der Waals surface area contributed by atoms with Crippen molar-refractivity contribution in [1.82, 2.24) is 9.55 Å². The van der Waals surface area contributed by atoms with E-state index in [1.54, 1.807) is 10.9 Å². The second-order valence-electron chi connectivity index (χ2n) is 4.15. The number of aromatic nitrogens is 2. The molecule has 0 spiro atoms. The predicted octanol–water partition coefficient (Wildman–Crippen LogP) is 3.22. The number of hydrogen-bond donors (Lipinski definition) is 1. The fraction of sp³-hybridized carbons (Fsp3) is 0.308. The van der Waals surface area contributed by atoms with Gasteiger partial charge in [-0.05, 0) is 35.0 Å². The van der Waals surface area contributed by atoms with E-state index in [1.165, 1.54) is 18.3 Å². The van der Waals surface area contributed by atoms with Crippen molar-refractivity contribution in [2.75, 3.05) is 0 Å². The van der Waals surface area contributed by atoms with E-state index in [2.05, 4.69) is 20.9 Å². The molecule has 0 saturated heterocycles. The molecule has 1 heterocycles. The van der Waals surface area contributed by atoms with Gasteiger partial charge in [0.1, 0.15) is 11.6 Å². The lowest BCUT2D eigenvalue weighted by Crippen LogP contribution is -2.10. The molecule has 6 heteroatoms. The summed E-state index contributed by atoms with van der Waals surface area (Å²) < 4.78 is 29.4. The molecule has 19 heavy (non-hydrogen) atoms. The third kappa shape index (κ3) is 2.84. The molecule has 0 aliphatic rings. The van der Waals surface area contributed by atoms with Gasteiger partial charge < -0.3 is 9.67 Å². The van der Waals surface area contributed by atoms with Gasteiger partial charge in [0, 0.05) is 18.5 Å². The summed E-state index contributed by atoms with van der Waals surface area (Å²) in [6.45, 7) is 2.54. The van der Waals surface area contributed by atoms with E-state index in [4.69, 9.17) is 0 Å². The Labute approximate surface area is 118 Å². The average molecular weight is 331 g/mol. The highest BCUT2D eigenvalue weighted by Crippen LogP contribution is 2.26. The predicted molar refractivity (Wildman–Crippen MR) is 70.6 cm³/mol. The molecule has 2 aromatic rings. The molecule has 1 unspecified atom stereocenters. The van der Waals surface area contributed by atoms with Crippen LogP contribution in [-0.4, -0.2) is 14.7 Å². The average Bonchev–Trinajstić information content (AvgIpc) is 2.87. The summed E-state index contributed by atoms with van der Waals surface area (Å²) in [5.74, 6) is -1.34. The summed E-state index contributed by atoms with van der Waals surface area (Å²) in [5.41, 5.74) is 0.409. The van der Waals surface area contributed by atoms with Crippen molar-refractivity contribution < 1.29 is 13.9 Å². The molecule has 1 N–H and O–H groups in total. The normalized spacial score (nSPS) is 12.7. The third-order valence-corrected chi connectivity index (χ3v) is 3.58. The molecule has 0 aliphatic carbocycles. The lowest BCUT2D eigenvalue weighted by atomic mass is 10.0. The topological polar surface area (TPSA) is 38.0 Å². The molecule has 0 bridgehead atoms. The third-order valence-electron chi connectivity index (χ3n) is 2.96. The summed E-state index contributed by atoms with van der Waals surface area (Å²) >= 11 is 3.01. The number of rotatable bonds is 4. The zero-order chi connectivity index (χ0) is 14.0. The summed E-state index contributed by atoms with van der Waals surface area (Å²) in [7, 11) is 0. The number of hydrogen-bond acceptors (Lipinski definition) is 2. The van der Waals surface area contributed by atoms with Crippen LogP contribution in [0.25, 0.3) is 0 Å². The highest BCUT2D eigenvalue weighted by molar-refractivity contribution is 9.10. The van der Waals surface area contributed by atoms with E-state index in [1.807, 2.05) is 6.92 Å². The molecule has 0 saturated carbocycles. The molecule has 1 aromatic heterocycles. The monoisotopic (exact) mass is 330 g/mol. The van der Waals surface area contributed by atoms with Crippen molar-refractivity contribution >= 4 is 15.9 Å². The first-order chi connectivity index (χ1) is 9.04. The highest BCUT2D eigenvalue weighted by atomic mass is 79.9. The van der Waals surface area contributed by atoms with Gasteiger partial charge >= 0.3 is 0 Å². The Bertz CT molecular complexity index is 586. The standard InChI is InChI=1S/C13H13BrF2N2O/c1-2-18-7-17-6-11(18)12(19)5-8-10(15)4-3-9(14)13(8)16/h3-4,6-7,12,19H,2,5H2,1H3. The summed E-state index contributed by atoms with van der Waals surface area (Å²) in [6.07, 6.45) is 1.94. The van der Waals surface area contributed by atoms with Gasteiger partial charge in [-0.2, -0.15) is 0 Å². The number of aliphatic hydroxyl groups excluding tert-OH is 1. The quantitative estimate of drug-likeness (QED) is 0.874. The van der Waals surface area contributed by atoms with E-state index in [0.717, 1.165) is 0 Å². The number of aliphatic hydroxyl groups is 1. The first-order valence-electron chi connectivity index (χ1n) is 5.85. The van der Waals surface area contributed by atoms with Crippen LogP contribution in [0, 0.1) is 11.6 Å². The molecule has 0 fully saturated rings. The first-order valence-corrected chi connectivity index (χ1v) is 6.64. The number of benzene rings is 1. The zero-order valence-corrected chi connectivity index (χ0v) is 11.9. The van der Waals surface area contributed by atoms with Gasteiger partial charge in [-0.15, -0.1) is 0 Å². The molecule has 102 valence electrons. The summed E-state index contributed by atoms with van der Waals surface area (Å²) in [5, 5.41) is 10.1. The Balaban J connectivity index is 2.29. The van der Waals surface area contributed by atoms with Crippen LogP contribution >= 0.6 is 15.9 Å². The van der Waals surface area contributed by atoms with Crippen molar-refractivity contribution in [2.45, 2.75) is 26.0 Å². The zero-order valence-electron chi connectivity index (χ0n) is 10.3. The summed E-state index contributed by atoms with van der Waals surface area (Å²) in [4.78, 5) is 3.92. The maximum Gasteiger partial charge on any atom is 0.143 e. The fourth-order valence-electron chi connectivity index (χ4n) is 1.93. The fourth-order valence-corrected chi connectivity index (χ4v) is 2.30. The van der Waals surface area contributed by atoms with Gasteiger partial charge in [0.25, 0.3) is 0 Å². The van der Waals surface area contributed by atoms with Crippen LogP contribution in [-0.2, 0) is 13.0 Å². The Morgan fingerprint density at radius 2 is 2.16 bits per heavy atom. The molecule has 0 amide bonds. The smallest absolute Gasteiger partial charge is 0.143 e. The largest absolute Gasteiger partial charge is 0.386 e. The van der Waals surface area contributed by atoms with E-state index >= 15 is 0 Å². The number of aryl methyl sites for hydroxylation is 1. The summed E-state index contributed by atoms with van der Waals surface area (Å²) in [6, 6.07) is 2.48. The molecule has 3 nitrogen and oxygen atoms in total. The highest BCUT2D eigenvalue weighted by Gasteiger charge is 2.19. The molecule has 0 radical (unpaired) electrons. The van der Waals surface area contributed by atoms with Crippen LogP contribution in [0.1, 0.15) is 24.3 Å². The minimum Gasteiger partial charge on any atom is -0.386 e. The van der Waals surface area contributed by atoms with Crippen LogP contribution in [0.5, 0.6) is 0 Å². The van der Waals surface area contributed by atoms with Crippen molar-refractivity contribution in [3.63, 3.8) is 0 Å². The SMILES string of the molecule is CCn1cncc1C(O)Cc1c(F)ccc(Br)c1F. The van der Waals surface area contributed by atoms with Crippen LogP contribution in [0.4, 0.5) is 8.78 Å². The second-order valence-corrected chi connectivity index (χ2v) is 5.00. The number of imidazole rings is 1. The van der Waals surface area contributed by atoms with E-state index in [-0.39, 0.29) is 16.5 Å². The number of halogens is 3. The molecule has 2 rings (SSSR count). The molecule has 0 aliphatic heterocycles. The van der Waals surface area contributed by atoms with Crippen molar-refractivity contribution in [2.24, 2.45) is 0 Å². The Hall–Kier alpha value is -1.27. The Kier molecular flexibility index (Phi) is 4.31. The van der Waals surface area contributed by atoms with Gasteiger partial charge in [-0.25, -0.2) is 13.8 Å². The van der Waals surface area contributed by atoms with Gasteiger partial charge in [0.2, 0.25) is 0 Å². The van der Waals surface area contributed by atoms with Crippen LogP contribution in [0.2, 0.25) is 0 Å². The van der Waals surface area contributed by atoms with Crippen LogP contribution in [0.15, 0.2) is 29.1 Å². The maximum absolute atomic E-state index is 13.8. The second kappa shape index (κ2) is 5.79. The molecular formula is C13H13BrF2N2O.